The lowest BCUT2D eigenvalue weighted by atomic mass is 9.95. The summed E-state index contributed by atoms with van der Waals surface area (Å²) in [5.41, 5.74) is 4.18. The van der Waals surface area contributed by atoms with Crippen molar-refractivity contribution in [2.24, 2.45) is 5.92 Å². The molecule has 3 aromatic rings. The van der Waals surface area contributed by atoms with Crippen LogP contribution in [0.1, 0.15) is 40.9 Å². The first-order valence-electron chi connectivity index (χ1n) is 11.8. The molecule has 6 nitrogen and oxygen atoms in total. The van der Waals surface area contributed by atoms with E-state index in [9.17, 15) is 14.0 Å². The molecular formula is C27H31FN4O2. The van der Waals surface area contributed by atoms with E-state index in [1.165, 1.54) is 12.1 Å². The first-order valence-corrected chi connectivity index (χ1v) is 11.8. The number of carbonyl (C=O) groups is 2. The number of halogens is 1. The quantitative estimate of drug-likeness (QED) is 0.563. The molecule has 1 fully saturated rings. The number of hydrogen-bond donors (Lipinski definition) is 1. The van der Waals surface area contributed by atoms with Gasteiger partial charge in [0.25, 0.3) is 5.91 Å². The van der Waals surface area contributed by atoms with Crippen LogP contribution >= 0.6 is 0 Å². The van der Waals surface area contributed by atoms with E-state index in [2.05, 4.69) is 10.2 Å². The lowest BCUT2D eigenvalue weighted by molar-refractivity contribution is -0.135. The van der Waals surface area contributed by atoms with Crippen LogP contribution in [0.2, 0.25) is 0 Å². The summed E-state index contributed by atoms with van der Waals surface area (Å²) in [4.78, 5) is 29.5. The van der Waals surface area contributed by atoms with E-state index in [0.717, 1.165) is 42.5 Å². The van der Waals surface area contributed by atoms with Crippen molar-refractivity contribution in [2.75, 3.05) is 26.7 Å². The zero-order valence-corrected chi connectivity index (χ0v) is 19.8. The van der Waals surface area contributed by atoms with Gasteiger partial charge in [0.1, 0.15) is 5.82 Å². The summed E-state index contributed by atoms with van der Waals surface area (Å²) >= 11 is 0. The summed E-state index contributed by atoms with van der Waals surface area (Å²) < 4.78 is 13.5. The van der Waals surface area contributed by atoms with Crippen molar-refractivity contribution in [1.82, 2.24) is 20.0 Å². The molecule has 1 aliphatic heterocycles. The molecule has 1 N–H and O–H groups in total. The van der Waals surface area contributed by atoms with Crippen molar-refractivity contribution in [3.63, 3.8) is 0 Å². The standard InChI is InChI=1S/C27H31FN4O2/c1-19-10-12-20(13-11-19)27(34)32-15-4-7-22(18-32)26(33)31(2)14-5-9-24-17-25(30-29-24)21-6-3-8-23(28)16-21/h3,6,8,10-13,16-17,22H,4-5,7,9,14-15,18H2,1-2H3,(H,29,30). The van der Waals surface area contributed by atoms with Gasteiger partial charge in [0.05, 0.1) is 11.6 Å². The maximum atomic E-state index is 13.5. The Labute approximate surface area is 199 Å². The van der Waals surface area contributed by atoms with Gasteiger partial charge in [0.15, 0.2) is 0 Å². The minimum absolute atomic E-state index is 0.00602. The number of amides is 2. The van der Waals surface area contributed by atoms with Gasteiger partial charge in [-0.25, -0.2) is 4.39 Å². The monoisotopic (exact) mass is 462 g/mol. The summed E-state index contributed by atoms with van der Waals surface area (Å²) in [7, 11) is 1.83. The number of H-pyrrole nitrogens is 1. The van der Waals surface area contributed by atoms with Crippen molar-refractivity contribution in [3.05, 3.63) is 77.2 Å². The number of aromatic nitrogens is 2. The Hall–Kier alpha value is -3.48. The van der Waals surface area contributed by atoms with Gasteiger partial charge in [-0.2, -0.15) is 5.10 Å². The number of nitrogens with zero attached hydrogens (tertiary/aromatic N) is 3. The Kier molecular flexibility index (Phi) is 7.40. The molecule has 0 bridgehead atoms. The predicted octanol–water partition coefficient (Wildman–Crippen LogP) is 4.47. The molecule has 0 saturated carbocycles. The third-order valence-electron chi connectivity index (χ3n) is 6.42. The highest BCUT2D eigenvalue weighted by Crippen LogP contribution is 2.22. The molecule has 2 heterocycles. The Morgan fingerprint density at radius 2 is 1.97 bits per heavy atom. The molecule has 1 atom stereocenters. The van der Waals surface area contributed by atoms with Crippen molar-refractivity contribution < 1.29 is 14.0 Å². The average molecular weight is 463 g/mol. The number of nitrogens with one attached hydrogen (secondary N) is 1. The van der Waals surface area contributed by atoms with Gasteiger partial charge in [-0.1, -0.05) is 29.8 Å². The number of aromatic amines is 1. The number of carbonyl (C=O) groups excluding carboxylic acids is 2. The van der Waals surface area contributed by atoms with E-state index < -0.39 is 0 Å². The topological polar surface area (TPSA) is 69.3 Å². The molecule has 2 amide bonds. The molecule has 1 aromatic heterocycles. The van der Waals surface area contributed by atoms with Crippen LogP contribution in [0.3, 0.4) is 0 Å². The van der Waals surface area contributed by atoms with Gasteiger partial charge in [-0.3, -0.25) is 14.7 Å². The minimum Gasteiger partial charge on any atom is -0.345 e. The van der Waals surface area contributed by atoms with Crippen LogP contribution in [0.15, 0.2) is 54.6 Å². The highest BCUT2D eigenvalue weighted by molar-refractivity contribution is 5.94. The molecular weight excluding hydrogens is 431 g/mol. The number of benzene rings is 2. The SMILES string of the molecule is Cc1ccc(C(=O)N2CCCC(C(=O)N(C)CCCc3cc(-c4cccc(F)c4)n[nH]3)C2)cc1. The largest absolute Gasteiger partial charge is 0.345 e. The van der Waals surface area contributed by atoms with Crippen LogP contribution in [0, 0.1) is 18.7 Å². The van der Waals surface area contributed by atoms with Crippen LogP contribution in [-0.2, 0) is 11.2 Å². The zero-order chi connectivity index (χ0) is 24.1. The molecule has 178 valence electrons. The van der Waals surface area contributed by atoms with E-state index in [1.807, 2.05) is 55.3 Å². The Bertz CT molecular complexity index is 1140. The number of likely N-dealkylation sites (tertiary alicyclic amines) is 1. The summed E-state index contributed by atoms with van der Waals surface area (Å²) in [5, 5.41) is 7.29. The second kappa shape index (κ2) is 10.6. The number of rotatable bonds is 7. The Morgan fingerprint density at radius 1 is 1.18 bits per heavy atom. The van der Waals surface area contributed by atoms with Crippen LogP contribution in [0.5, 0.6) is 0 Å². The third-order valence-corrected chi connectivity index (χ3v) is 6.42. The number of aryl methyl sites for hydroxylation is 2. The van der Waals surface area contributed by atoms with Gasteiger partial charge in [0.2, 0.25) is 5.91 Å². The maximum Gasteiger partial charge on any atom is 0.253 e. The lowest BCUT2D eigenvalue weighted by Crippen LogP contribution is -2.46. The van der Waals surface area contributed by atoms with Crippen molar-refractivity contribution in [2.45, 2.75) is 32.6 Å². The summed E-state index contributed by atoms with van der Waals surface area (Å²) in [5.74, 6) is -0.371. The second-order valence-electron chi connectivity index (χ2n) is 9.11. The van der Waals surface area contributed by atoms with Crippen LogP contribution in [0.4, 0.5) is 4.39 Å². The lowest BCUT2D eigenvalue weighted by Gasteiger charge is -2.34. The maximum absolute atomic E-state index is 13.5. The fourth-order valence-electron chi connectivity index (χ4n) is 4.46. The molecule has 1 unspecified atom stereocenters. The fraction of sp³-hybridized carbons (Fsp3) is 0.370. The summed E-state index contributed by atoms with van der Waals surface area (Å²) in [6, 6.07) is 15.9. The second-order valence-corrected chi connectivity index (χ2v) is 9.11. The first-order chi connectivity index (χ1) is 16.4. The third kappa shape index (κ3) is 5.71. The van der Waals surface area contributed by atoms with Crippen molar-refractivity contribution >= 4 is 11.8 Å². The molecule has 34 heavy (non-hydrogen) atoms. The molecule has 1 saturated heterocycles. The highest BCUT2D eigenvalue weighted by Gasteiger charge is 2.30. The van der Waals surface area contributed by atoms with Gasteiger partial charge < -0.3 is 9.80 Å². The van der Waals surface area contributed by atoms with E-state index in [1.54, 1.807) is 11.0 Å². The molecule has 2 aromatic carbocycles. The predicted molar refractivity (Wildman–Crippen MR) is 130 cm³/mol. The highest BCUT2D eigenvalue weighted by atomic mass is 19.1. The van der Waals surface area contributed by atoms with Crippen molar-refractivity contribution in [1.29, 1.82) is 0 Å². The summed E-state index contributed by atoms with van der Waals surface area (Å²) in [6.45, 7) is 3.77. The Morgan fingerprint density at radius 3 is 2.74 bits per heavy atom. The van der Waals surface area contributed by atoms with Gasteiger partial charge >= 0.3 is 0 Å². The van der Waals surface area contributed by atoms with E-state index in [0.29, 0.717) is 30.9 Å². The molecule has 0 aliphatic carbocycles. The van der Waals surface area contributed by atoms with Crippen molar-refractivity contribution in [3.8, 4) is 11.3 Å². The van der Waals surface area contributed by atoms with E-state index in [4.69, 9.17) is 0 Å². The normalized spacial score (nSPS) is 15.9. The van der Waals surface area contributed by atoms with Crippen LogP contribution < -0.4 is 0 Å². The van der Waals surface area contributed by atoms with Crippen LogP contribution in [0.25, 0.3) is 11.3 Å². The summed E-state index contributed by atoms with van der Waals surface area (Å²) in [6.07, 6.45) is 3.16. The van der Waals surface area contributed by atoms with E-state index >= 15 is 0 Å². The Balaban J connectivity index is 1.27. The van der Waals surface area contributed by atoms with E-state index in [-0.39, 0.29) is 23.5 Å². The zero-order valence-electron chi connectivity index (χ0n) is 19.8. The minimum atomic E-state index is -0.288. The smallest absolute Gasteiger partial charge is 0.253 e. The molecule has 4 rings (SSSR count). The van der Waals surface area contributed by atoms with Gasteiger partial charge in [-0.15, -0.1) is 0 Å². The molecule has 0 radical (unpaired) electrons. The van der Waals surface area contributed by atoms with Gasteiger partial charge in [0, 0.05) is 43.5 Å². The number of hydrogen-bond acceptors (Lipinski definition) is 3. The fourth-order valence-corrected chi connectivity index (χ4v) is 4.46. The molecule has 7 heteroatoms. The molecule has 1 aliphatic rings. The van der Waals surface area contributed by atoms with Gasteiger partial charge in [-0.05, 0) is 62.9 Å². The van der Waals surface area contributed by atoms with Crippen LogP contribution in [-0.4, -0.2) is 58.5 Å². The number of piperidine rings is 1. The average Bonchev–Trinajstić information content (AvgIpc) is 3.32. The molecule has 0 spiro atoms. The first kappa shape index (κ1) is 23.7.